The van der Waals surface area contributed by atoms with Crippen LogP contribution in [0.2, 0.25) is 0 Å². The third-order valence-electron chi connectivity index (χ3n) is 0. The van der Waals surface area contributed by atoms with Gasteiger partial charge in [-0.1, -0.05) is 0 Å². The fourth-order valence-corrected chi connectivity index (χ4v) is 0. The van der Waals surface area contributed by atoms with Crippen LogP contribution in [0.4, 0.5) is 0 Å². The van der Waals surface area contributed by atoms with Gasteiger partial charge in [-0.15, -0.1) is 0 Å². The van der Waals surface area contributed by atoms with Crippen LogP contribution in [-0.2, 0) is 32.1 Å². The number of hydrogen-bond donors (Lipinski definition) is 2. The van der Waals surface area contributed by atoms with Gasteiger partial charge in [0.1, 0.15) is 0 Å². The maximum absolute atomic E-state index is 8.74. The fourth-order valence-electron chi connectivity index (χ4n) is 0. The summed E-state index contributed by atoms with van der Waals surface area (Å²) in [6.07, 6.45) is 0. The van der Waals surface area contributed by atoms with Crippen LogP contribution in [0.25, 0.3) is 0 Å². The van der Waals surface area contributed by atoms with E-state index in [2.05, 4.69) is 0 Å². The van der Waals surface area contributed by atoms with Crippen LogP contribution >= 0.6 is 0 Å². The molecule has 8 heteroatoms. The molecule has 4 nitrogen and oxygen atoms in total. The van der Waals surface area contributed by atoms with E-state index in [1.807, 2.05) is 0 Å². The van der Waals surface area contributed by atoms with E-state index in [1.165, 1.54) is 0 Å². The maximum atomic E-state index is 8.74. The summed E-state index contributed by atoms with van der Waals surface area (Å²) in [5, 5.41) is 0. The number of rotatable bonds is 0. The first-order valence-corrected chi connectivity index (χ1v) is 2.10. The summed E-state index contributed by atoms with van der Waals surface area (Å²) < 4.78 is 31.6. The van der Waals surface area contributed by atoms with Gasteiger partial charge in [0, 0.05) is 21.7 Å². The molecule has 0 aliphatic heterocycles. The third-order valence-corrected chi connectivity index (χ3v) is 0. The molecule has 0 aromatic carbocycles. The molecule has 0 aliphatic rings. The molecule has 0 amide bonds. The topological polar surface area (TPSA) is 74.6 Å². The van der Waals surface area contributed by atoms with Gasteiger partial charge >= 0.3 is 33.5 Å². The van der Waals surface area contributed by atoms with Crippen molar-refractivity contribution in [1.29, 1.82) is 0 Å². The van der Waals surface area contributed by atoms with Crippen LogP contribution < -0.4 is 0 Å². The van der Waals surface area contributed by atoms with Gasteiger partial charge in [0.25, 0.3) is 0 Å². The summed E-state index contributed by atoms with van der Waals surface area (Å²) in [6.45, 7) is 0. The second-order valence-corrected chi connectivity index (χ2v) is 1.34. The van der Waals surface area contributed by atoms with E-state index in [0.717, 1.165) is 0 Å². The molecular formula is H7AlMgO4STi. The van der Waals surface area contributed by atoms with Crippen molar-refractivity contribution in [3.05, 3.63) is 0 Å². The molecule has 0 heterocycles. The zero-order chi connectivity index (χ0) is 4.50. The van der Waals surface area contributed by atoms with E-state index in [0.29, 0.717) is 0 Å². The minimum atomic E-state index is -4.67. The molecule has 0 atom stereocenters. The quantitative estimate of drug-likeness (QED) is 0.352. The second kappa shape index (κ2) is 8.88. The Morgan fingerprint density at radius 1 is 1.25 bits per heavy atom. The van der Waals surface area contributed by atoms with Crippen molar-refractivity contribution < 1.29 is 42.1 Å². The van der Waals surface area contributed by atoms with Crippen LogP contribution in [0.15, 0.2) is 0 Å². The maximum Gasteiger partial charge on any atom is 2.00 e. The van der Waals surface area contributed by atoms with E-state index in [9.17, 15) is 0 Å². The Labute approximate surface area is 92.1 Å². The van der Waals surface area contributed by atoms with Gasteiger partial charge in [-0.05, 0) is 0 Å². The van der Waals surface area contributed by atoms with Gasteiger partial charge in [-0.3, -0.25) is 9.11 Å². The van der Waals surface area contributed by atoms with Crippen LogP contribution in [0.3, 0.4) is 0 Å². The van der Waals surface area contributed by atoms with Crippen LogP contribution in [-0.4, -0.2) is 57.9 Å². The molecular weight excluding hydrogens is 195 g/mol. The molecule has 0 spiro atoms. The monoisotopic (exact) mass is 202 g/mol. The molecule has 0 aromatic rings. The van der Waals surface area contributed by atoms with Crippen LogP contribution in [0.1, 0.15) is 2.85 Å². The average molecular weight is 202 g/mol. The normalized spacial score (nSPS) is 7.25. The Hall–Kier alpha value is 1.88. The summed E-state index contributed by atoms with van der Waals surface area (Å²) in [5.41, 5.74) is 0. The number of hydrogen-bond acceptors (Lipinski definition) is 2. The van der Waals surface area contributed by atoms with Crippen molar-refractivity contribution in [2.75, 3.05) is 0 Å². The van der Waals surface area contributed by atoms with Crippen molar-refractivity contribution in [2.24, 2.45) is 0 Å². The Morgan fingerprint density at radius 3 is 1.25 bits per heavy atom. The zero-order valence-electron chi connectivity index (χ0n) is 5.33. The molecule has 0 saturated carbocycles. The summed E-state index contributed by atoms with van der Waals surface area (Å²) in [7, 11) is -4.67. The predicted molar refractivity (Wildman–Crippen MR) is 32.1 cm³/mol. The zero-order valence-corrected chi connectivity index (χ0v) is 7.12. The van der Waals surface area contributed by atoms with Gasteiger partial charge in [0.15, 0.2) is 17.4 Å². The van der Waals surface area contributed by atoms with E-state index < -0.39 is 10.4 Å². The van der Waals surface area contributed by atoms with Gasteiger partial charge in [-0.2, -0.15) is 8.42 Å². The third kappa shape index (κ3) is 105. The Kier molecular flexibility index (Phi) is 25.0. The Balaban J connectivity index is -0.00000000800. The molecule has 46 valence electrons. The van der Waals surface area contributed by atoms with Crippen molar-refractivity contribution in [1.82, 2.24) is 0 Å². The van der Waals surface area contributed by atoms with E-state index in [1.54, 1.807) is 0 Å². The minimum absolute atomic E-state index is 0. The summed E-state index contributed by atoms with van der Waals surface area (Å²) in [5.74, 6) is 0. The standard InChI is InChI=1S/Al.Mg.H2O4S.Ti.5H/c;;1-5(2,3)4;;;;;;/h;;(H2,1,2,3,4);;;;;;/q;+2;;;;;;2*-1. The average Bonchev–Trinajstić information content (AvgIpc) is 0.722. The first-order valence-electron chi connectivity index (χ1n) is 0.698. The van der Waals surface area contributed by atoms with Crippen LogP contribution in [0, 0.1) is 0 Å². The fraction of sp³-hybridized carbons (Fsp3) is 0. The smallest absolute Gasteiger partial charge is 1.00 e. The molecule has 8 heavy (non-hydrogen) atoms. The van der Waals surface area contributed by atoms with E-state index >= 15 is 0 Å². The SMILES string of the molecule is O=S(=O)(O)O.[AlH3].[H-].[H-].[Mg+2].[Ti]. The first-order chi connectivity index (χ1) is 2.00. The molecule has 0 bridgehead atoms. The summed E-state index contributed by atoms with van der Waals surface area (Å²) in [4.78, 5) is 0. The van der Waals surface area contributed by atoms with Crippen molar-refractivity contribution in [2.45, 2.75) is 0 Å². The largest absolute Gasteiger partial charge is 2.00 e. The van der Waals surface area contributed by atoms with Gasteiger partial charge < -0.3 is 2.85 Å². The van der Waals surface area contributed by atoms with Crippen molar-refractivity contribution in [3.8, 4) is 0 Å². The Morgan fingerprint density at radius 2 is 1.25 bits per heavy atom. The molecule has 0 rings (SSSR count). The molecule has 0 radical (unpaired) electrons. The van der Waals surface area contributed by atoms with Crippen molar-refractivity contribution >= 4 is 50.8 Å². The van der Waals surface area contributed by atoms with Crippen molar-refractivity contribution in [3.63, 3.8) is 0 Å². The molecule has 0 saturated heterocycles. The van der Waals surface area contributed by atoms with E-state index in [4.69, 9.17) is 17.5 Å². The minimum Gasteiger partial charge on any atom is -1.00 e. The van der Waals surface area contributed by atoms with Gasteiger partial charge in [0.2, 0.25) is 0 Å². The van der Waals surface area contributed by atoms with Crippen LogP contribution in [0.5, 0.6) is 0 Å². The molecule has 0 aromatic heterocycles. The molecule has 0 unspecified atom stereocenters. The van der Waals surface area contributed by atoms with Gasteiger partial charge in [0.05, 0.1) is 0 Å². The Bertz CT molecular complexity index is 106. The van der Waals surface area contributed by atoms with Gasteiger partial charge in [-0.25, -0.2) is 0 Å². The molecule has 0 aliphatic carbocycles. The summed E-state index contributed by atoms with van der Waals surface area (Å²) >= 11 is 0. The first kappa shape index (κ1) is 22.5. The molecule has 0 fully saturated rings. The summed E-state index contributed by atoms with van der Waals surface area (Å²) in [6, 6.07) is 0. The van der Waals surface area contributed by atoms with E-state index in [-0.39, 0.29) is 65.0 Å². The molecule has 2 N–H and O–H groups in total. The second-order valence-electron chi connectivity index (χ2n) is 0.448. The predicted octanol–water partition coefficient (Wildman–Crippen LogP) is -1.99.